The zero-order valence-corrected chi connectivity index (χ0v) is 21.4. The van der Waals surface area contributed by atoms with E-state index in [0.29, 0.717) is 24.2 Å². The number of aromatic nitrogens is 1. The fraction of sp³-hybridized carbons (Fsp3) is 0.379. The van der Waals surface area contributed by atoms with Crippen LogP contribution in [0.4, 0.5) is 17.6 Å². The van der Waals surface area contributed by atoms with Crippen LogP contribution in [0.2, 0.25) is 0 Å². The highest BCUT2D eigenvalue weighted by atomic mass is 19.4. The number of likely N-dealkylation sites (tertiary alicyclic amines) is 1. The number of halogens is 4. The van der Waals surface area contributed by atoms with E-state index in [-0.39, 0.29) is 24.3 Å². The minimum Gasteiger partial charge on any atom is -0.383 e. The smallest absolute Gasteiger partial charge is 0.383 e. The van der Waals surface area contributed by atoms with Crippen LogP contribution < -0.4 is 5.32 Å². The van der Waals surface area contributed by atoms with Crippen LogP contribution in [0.3, 0.4) is 0 Å². The summed E-state index contributed by atoms with van der Waals surface area (Å²) in [5, 5.41) is 3.38. The molecular formula is C29H34F4N4. The van der Waals surface area contributed by atoms with Gasteiger partial charge in [-0.3, -0.25) is 4.99 Å². The molecule has 1 fully saturated rings. The molecule has 1 N–H and O–H groups in total. The predicted octanol–water partition coefficient (Wildman–Crippen LogP) is 7.29. The summed E-state index contributed by atoms with van der Waals surface area (Å²) in [5.74, 6) is -0.133. The Labute approximate surface area is 216 Å². The largest absolute Gasteiger partial charge is 0.433 e. The Bertz CT molecular complexity index is 1140. The molecule has 0 radical (unpaired) electrons. The number of rotatable bonds is 8. The van der Waals surface area contributed by atoms with E-state index in [1.54, 1.807) is 12.1 Å². The van der Waals surface area contributed by atoms with Crippen LogP contribution in [-0.4, -0.2) is 34.4 Å². The van der Waals surface area contributed by atoms with Gasteiger partial charge in [-0.15, -0.1) is 0 Å². The Morgan fingerprint density at radius 3 is 2.46 bits per heavy atom. The molecule has 3 heterocycles. The summed E-state index contributed by atoms with van der Waals surface area (Å²) < 4.78 is 50.9. The molecule has 4 nitrogen and oxygen atoms in total. The maximum atomic E-state index is 12.7. The number of pyridine rings is 1. The van der Waals surface area contributed by atoms with Crippen molar-refractivity contribution in [2.45, 2.75) is 64.2 Å². The van der Waals surface area contributed by atoms with Crippen LogP contribution in [0.1, 0.15) is 56.6 Å². The molecule has 2 aliphatic rings. The van der Waals surface area contributed by atoms with E-state index in [1.165, 1.54) is 11.8 Å². The van der Waals surface area contributed by atoms with Crippen LogP contribution in [0.5, 0.6) is 0 Å². The van der Waals surface area contributed by atoms with E-state index in [4.69, 9.17) is 0 Å². The molecule has 0 saturated carbocycles. The first-order chi connectivity index (χ1) is 17.6. The molecule has 2 aliphatic heterocycles. The topological polar surface area (TPSA) is 40.5 Å². The molecule has 8 heteroatoms. The average molecular weight is 515 g/mol. The van der Waals surface area contributed by atoms with E-state index in [1.807, 2.05) is 32.0 Å². The molecule has 0 spiro atoms. The summed E-state index contributed by atoms with van der Waals surface area (Å²) in [6.45, 7) is 13.7. The molecule has 4 rings (SSSR count). The minimum atomic E-state index is -4.38. The molecule has 1 saturated heterocycles. The highest BCUT2D eigenvalue weighted by Crippen LogP contribution is 2.33. The number of allylic oxidation sites excluding steroid dienone is 3. The molecule has 0 amide bonds. The third-order valence-corrected chi connectivity index (χ3v) is 6.34. The lowest BCUT2D eigenvalue weighted by atomic mass is 10.1. The van der Waals surface area contributed by atoms with Crippen molar-refractivity contribution in [3.63, 3.8) is 0 Å². The van der Waals surface area contributed by atoms with E-state index >= 15 is 0 Å². The van der Waals surface area contributed by atoms with Crippen LogP contribution in [0.15, 0.2) is 90.0 Å². The summed E-state index contributed by atoms with van der Waals surface area (Å²) in [4.78, 5) is 9.42. The first-order valence-electron chi connectivity index (χ1n) is 12.4. The van der Waals surface area contributed by atoms with Gasteiger partial charge in [-0.25, -0.2) is 4.98 Å². The first-order valence-corrected chi connectivity index (χ1v) is 12.4. The number of hydrogen-bond donors (Lipinski definition) is 1. The standard InChI is InChI=1S/C21H24F3N3.C8H10FN/c1-15(13-18-10-11-20(26-18)21(22,23)24)27-12-6-9-19(27)16(2)25-14-17-7-4-3-5-8-17;1-6(2)7-4-3-5-10-8(7)9/h3-5,7-8,11,19,25H,1-2,6,9-10,12-14H2;3-6H,1-2H3. The van der Waals surface area contributed by atoms with E-state index in [2.05, 4.69) is 45.5 Å². The van der Waals surface area contributed by atoms with Crippen LogP contribution in [-0.2, 0) is 6.54 Å². The second-order valence-corrected chi connectivity index (χ2v) is 9.47. The Morgan fingerprint density at radius 2 is 1.86 bits per heavy atom. The van der Waals surface area contributed by atoms with Gasteiger partial charge in [0.25, 0.3) is 0 Å². The lowest BCUT2D eigenvalue weighted by Crippen LogP contribution is -2.35. The monoisotopic (exact) mass is 514 g/mol. The maximum Gasteiger partial charge on any atom is 0.433 e. The second kappa shape index (κ2) is 12.7. The van der Waals surface area contributed by atoms with Gasteiger partial charge in [0.05, 0.1) is 6.04 Å². The fourth-order valence-corrected chi connectivity index (χ4v) is 4.37. The van der Waals surface area contributed by atoms with Crippen molar-refractivity contribution in [2.75, 3.05) is 6.54 Å². The van der Waals surface area contributed by atoms with Gasteiger partial charge in [-0.05, 0) is 36.5 Å². The summed E-state index contributed by atoms with van der Waals surface area (Å²) in [5.41, 5.74) is 3.30. The zero-order valence-electron chi connectivity index (χ0n) is 21.4. The van der Waals surface area contributed by atoms with Crippen LogP contribution in [0, 0.1) is 5.95 Å². The van der Waals surface area contributed by atoms with Gasteiger partial charge in [0.1, 0.15) is 5.70 Å². The number of aliphatic imine (C=N–C) groups is 1. The lowest BCUT2D eigenvalue weighted by Gasteiger charge is -2.30. The third kappa shape index (κ3) is 8.03. The van der Waals surface area contributed by atoms with Crippen molar-refractivity contribution in [2.24, 2.45) is 4.99 Å². The van der Waals surface area contributed by atoms with Gasteiger partial charge >= 0.3 is 6.18 Å². The summed E-state index contributed by atoms with van der Waals surface area (Å²) in [6.07, 6.45) is 0.783. The molecule has 0 aliphatic carbocycles. The molecule has 1 aromatic carbocycles. The molecule has 2 aromatic rings. The fourth-order valence-electron chi connectivity index (χ4n) is 4.37. The molecule has 1 atom stereocenters. The highest BCUT2D eigenvalue weighted by Gasteiger charge is 2.36. The molecule has 198 valence electrons. The SMILES string of the molecule is C=C(NCc1ccccc1)C1CCCN1C(=C)CC1=NC(C(F)(F)F)=CC1.CC(C)c1cccnc1F. The third-order valence-electron chi connectivity index (χ3n) is 6.34. The van der Waals surface area contributed by atoms with Gasteiger partial charge in [0.2, 0.25) is 5.95 Å². The number of alkyl halides is 3. The van der Waals surface area contributed by atoms with Gasteiger partial charge < -0.3 is 10.2 Å². The van der Waals surface area contributed by atoms with Crippen molar-refractivity contribution >= 4 is 5.71 Å². The van der Waals surface area contributed by atoms with Crippen LogP contribution in [0.25, 0.3) is 0 Å². The van der Waals surface area contributed by atoms with Crippen molar-refractivity contribution in [1.29, 1.82) is 0 Å². The second-order valence-electron chi connectivity index (χ2n) is 9.47. The number of hydrogen-bond acceptors (Lipinski definition) is 4. The number of benzene rings is 1. The average Bonchev–Trinajstić information content (AvgIpc) is 3.54. The maximum absolute atomic E-state index is 12.7. The Morgan fingerprint density at radius 1 is 1.14 bits per heavy atom. The Hall–Kier alpha value is -3.42. The Balaban J connectivity index is 0.000000319. The normalized spacial score (nSPS) is 17.2. The van der Waals surface area contributed by atoms with Crippen molar-refractivity contribution < 1.29 is 17.6 Å². The first kappa shape index (κ1) is 28.2. The van der Waals surface area contributed by atoms with Crippen molar-refractivity contribution in [1.82, 2.24) is 15.2 Å². The molecule has 37 heavy (non-hydrogen) atoms. The minimum absolute atomic E-state index is 0.110. The van der Waals surface area contributed by atoms with E-state index in [0.717, 1.165) is 36.9 Å². The van der Waals surface area contributed by atoms with Gasteiger partial charge in [-0.2, -0.15) is 17.6 Å². The lowest BCUT2D eigenvalue weighted by molar-refractivity contribution is -0.0921. The Kier molecular flexibility index (Phi) is 9.66. The summed E-state index contributed by atoms with van der Waals surface area (Å²) in [7, 11) is 0. The predicted molar refractivity (Wildman–Crippen MR) is 140 cm³/mol. The summed E-state index contributed by atoms with van der Waals surface area (Å²) >= 11 is 0. The summed E-state index contributed by atoms with van der Waals surface area (Å²) in [6, 6.07) is 13.7. The molecular weight excluding hydrogens is 480 g/mol. The molecule has 1 aromatic heterocycles. The van der Waals surface area contributed by atoms with Gasteiger partial charge in [0.15, 0.2) is 0 Å². The highest BCUT2D eigenvalue weighted by molar-refractivity contribution is 5.90. The van der Waals surface area contributed by atoms with E-state index in [9.17, 15) is 17.6 Å². The van der Waals surface area contributed by atoms with Gasteiger partial charge in [0, 0.05) is 54.8 Å². The number of nitrogens with zero attached hydrogens (tertiary/aromatic N) is 3. The van der Waals surface area contributed by atoms with Crippen molar-refractivity contribution in [3.05, 3.63) is 102 Å². The van der Waals surface area contributed by atoms with Gasteiger partial charge in [-0.1, -0.05) is 63.4 Å². The van der Waals surface area contributed by atoms with Crippen LogP contribution >= 0.6 is 0 Å². The zero-order chi connectivity index (χ0) is 27.0. The van der Waals surface area contributed by atoms with E-state index < -0.39 is 11.9 Å². The molecule has 0 bridgehead atoms. The molecule has 1 unspecified atom stereocenters. The van der Waals surface area contributed by atoms with Crippen molar-refractivity contribution in [3.8, 4) is 0 Å². The quantitative estimate of drug-likeness (QED) is 0.297. The number of nitrogens with one attached hydrogen (secondary N) is 1.